The van der Waals surface area contributed by atoms with Gasteiger partial charge < -0.3 is 10.0 Å². The summed E-state index contributed by atoms with van der Waals surface area (Å²) in [6.07, 6.45) is 5.50. The van der Waals surface area contributed by atoms with Crippen molar-refractivity contribution in [2.24, 2.45) is 7.05 Å². The molecule has 2 heterocycles. The molecule has 0 amide bonds. The van der Waals surface area contributed by atoms with E-state index in [9.17, 15) is 5.11 Å². The van der Waals surface area contributed by atoms with E-state index < -0.39 is 0 Å². The lowest BCUT2D eigenvalue weighted by atomic mass is 10.1. The van der Waals surface area contributed by atoms with Crippen LogP contribution in [0.4, 0.5) is 5.69 Å². The lowest BCUT2D eigenvalue weighted by molar-refractivity contribution is 0.102. The summed E-state index contributed by atoms with van der Waals surface area (Å²) in [6, 6.07) is 10.4. The number of anilines is 1. The second-order valence-electron chi connectivity index (χ2n) is 6.34. The van der Waals surface area contributed by atoms with E-state index >= 15 is 0 Å². The van der Waals surface area contributed by atoms with Crippen molar-refractivity contribution in [3.8, 4) is 0 Å². The third-order valence-corrected chi connectivity index (χ3v) is 4.51. The van der Waals surface area contributed by atoms with E-state index in [1.165, 1.54) is 11.3 Å². The highest BCUT2D eigenvalue weighted by Gasteiger charge is 2.20. The second kappa shape index (κ2) is 7.62. The van der Waals surface area contributed by atoms with Crippen molar-refractivity contribution in [1.29, 1.82) is 0 Å². The van der Waals surface area contributed by atoms with Crippen LogP contribution >= 0.6 is 0 Å². The Balaban J connectivity index is 1.40. The molecular weight excluding hydrogens is 288 g/mol. The number of rotatable bonds is 6. The first-order valence-corrected chi connectivity index (χ1v) is 8.38. The summed E-state index contributed by atoms with van der Waals surface area (Å²) < 4.78 is 1.84. The minimum Gasteiger partial charge on any atom is -0.392 e. The number of hydrogen-bond acceptors (Lipinski definition) is 4. The molecule has 1 aromatic heterocycles. The SMILES string of the molecule is Cn1cc(N2CCN(C[C@H](O)CCc3ccccc3)CC2)cn1. The first-order chi connectivity index (χ1) is 11.2. The van der Waals surface area contributed by atoms with Crippen LogP contribution in [0, 0.1) is 0 Å². The summed E-state index contributed by atoms with van der Waals surface area (Å²) in [5.41, 5.74) is 2.49. The normalized spacial score (nSPS) is 17.4. The van der Waals surface area contributed by atoms with Crippen molar-refractivity contribution >= 4 is 5.69 Å². The molecule has 0 saturated carbocycles. The van der Waals surface area contributed by atoms with Gasteiger partial charge in [-0.3, -0.25) is 9.58 Å². The number of piperazine rings is 1. The Hall–Kier alpha value is -1.85. The predicted molar refractivity (Wildman–Crippen MR) is 92.6 cm³/mol. The van der Waals surface area contributed by atoms with E-state index in [0.29, 0.717) is 0 Å². The molecule has 124 valence electrons. The van der Waals surface area contributed by atoms with Crippen LogP contribution in [-0.4, -0.2) is 58.6 Å². The zero-order valence-corrected chi connectivity index (χ0v) is 13.8. The van der Waals surface area contributed by atoms with Crippen molar-refractivity contribution in [3.63, 3.8) is 0 Å². The van der Waals surface area contributed by atoms with Crippen molar-refractivity contribution in [1.82, 2.24) is 14.7 Å². The summed E-state index contributed by atoms with van der Waals surface area (Å²) in [4.78, 5) is 4.72. The zero-order valence-electron chi connectivity index (χ0n) is 13.8. The van der Waals surface area contributed by atoms with E-state index in [-0.39, 0.29) is 6.10 Å². The molecule has 1 aliphatic heterocycles. The fourth-order valence-electron chi connectivity index (χ4n) is 3.13. The maximum absolute atomic E-state index is 10.3. The minimum absolute atomic E-state index is 0.250. The molecule has 23 heavy (non-hydrogen) atoms. The molecular formula is C18H26N4O. The summed E-state index contributed by atoms with van der Waals surface area (Å²) in [7, 11) is 1.95. The van der Waals surface area contributed by atoms with Crippen LogP contribution in [0.3, 0.4) is 0 Å². The van der Waals surface area contributed by atoms with Crippen molar-refractivity contribution in [2.75, 3.05) is 37.6 Å². The van der Waals surface area contributed by atoms with E-state index in [0.717, 1.165) is 45.6 Å². The van der Waals surface area contributed by atoms with Gasteiger partial charge in [0.2, 0.25) is 0 Å². The van der Waals surface area contributed by atoms with Gasteiger partial charge in [-0.1, -0.05) is 30.3 Å². The molecule has 1 aliphatic rings. The van der Waals surface area contributed by atoms with E-state index in [2.05, 4.69) is 45.4 Å². The fourth-order valence-corrected chi connectivity index (χ4v) is 3.13. The summed E-state index contributed by atoms with van der Waals surface area (Å²) >= 11 is 0. The number of aliphatic hydroxyl groups is 1. The maximum atomic E-state index is 10.3. The highest BCUT2D eigenvalue weighted by Crippen LogP contribution is 2.15. The smallest absolute Gasteiger partial charge is 0.0753 e. The van der Waals surface area contributed by atoms with Gasteiger partial charge >= 0.3 is 0 Å². The number of nitrogens with zero attached hydrogens (tertiary/aromatic N) is 4. The van der Waals surface area contributed by atoms with E-state index in [1.54, 1.807) is 0 Å². The summed E-state index contributed by atoms with van der Waals surface area (Å²) in [5.74, 6) is 0. The molecule has 1 N–H and O–H groups in total. The van der Waals surface area contributed by atoms with Gasteiger partial charge in [-0.05, 0) is 18.4 Å². The van der Waals surface area contributed by atoms with Crippen LogP contribution in [0.5, 0.6) is 0 Å². The molecule has 1 saturated heterocycles. The largest absolute Gasteiger partial charge is 0.392 e. The average molecular weight is 314 g/mol. The molecule has 3 rings (SSSR count). The summed E-state index contributed by atoms with van der Waals surface area (Å²) in [6.45, 7) is 4.76. The number of β-amino-alcohol motifs (C(OH)–C–C–N with tert-alkyl or cyclic N) is 1. The number of benzene rings is 1. The van der Waals surface area contributed by atoms with Crippen LogP contribution < -0.4 is 4.90 Å². The molecule has 0 radical (unpaired) electrons. The van der Waals surface area contributed by atoms with Gasteiger partial charge in [-0.2, -0.15) is 5.10 Å². The highest BCUT2D eigenvalue weighted by molar-refractivity contribution is 5.42. The molecule has 5 heteroatoms. The average Bonchev–Trinajstić information content (AvgIpc) is 3.01. The number of aliphatic hydroxyl groups excluding tert-OH is 1. The zero-order chi connectivity index (χ0) is 16.1. The Morgan fingerprint density at radius 2 is 1.87 bits per heavy atom. The van der Waals surface area contributed by atoms with Gasteiger partial charge in [0.05, 0.1) is 18.0 Å². The van der Waals surface area contributed by atoms with Crippen molar-refractivity contribution in [2.45, 2.75) is 18.9 Å². The van der Waals surface area contributed by atoms with Gasteiger partial charge in [0, 0.05) is 46.0 Å². The second-order valence-corrected chi connectivity index (χ2v) is 6.34. The molecule has 0 unspecified atom stereocenters. The molecule has 1 fully saturated rings. The standard InChI is InChI=1S/C18H26N4O/c1-20-14-17(13-19-20)22-11-9-21(10-12-22)15-18(23)8-7-16-5-3-2-4-6-16/h2-6,13-14,18,23H,7-12,15H2,1H3/t18-/m1/s1. The van der Waals surface area contributed by atoms with Crippen LogP contribution in [0.1, 0.15) is 12.0 Å². The Kier molecular flexibility index (Phi) is 5.31. The Morgan fingerprint density at radius 1 is 1.13 bits per heavy atom. The van der Waals surface area contributed by atoms with Gasteiger partial charge in [-0.15, -0.1) is 0 Å². The molecule has 0 spiro atoms. The molecule has 0 aliphatic carbocycles. The predicted octanol–water partition coefficient (Wildman–Crippen LogP) is 1.54. The highest BCUT2D eigenvalue weighted by atomic mass is 16.3. The van der Waals surface area contributed by atoms with Gasteiger partial charge in [-0.25, -0.2) is 0 Å². The van der Waals surface area contributed by atoms with Gasteiger partial charge in [0.15, 0.2) is 0 Å². The minimum atomic E-state index is -0.250. The first kappa shape index (κ1) is 16.0. The Labute approximate surface area is 138 Å². The first-order valence-electron chi connectivity index (χ1n) is 8.38. The van der Waals surface area contributed by atoms with E-state index in [4.69, 9.17) is 0 Å². The lowest BCUT2D eigenvalue weighted by Gasteiger charge is -2.36. The number of aryl methyl sites for hydroxylation is 2. The van der Waals surface area contributed by atoms with E-state index in [1.807, 2.05) is 24.0 Å². The monoisotopic (exact) mass is 314 g/mol. The maximum Gasteiger partial charge on any atom is 0.0753 e. The fraction of sp³-hybridized carbons (Fsp3) is 0.500. The Morgan fingerprint density at radius 3 is 2.52 bits per heavy atom. The molecule has 0 bridgehead atoms. The van der Waals surface area contributed by atoms with Crippen molar-refractivity contribution < 1.29 is 5.11 Å². The van der Waals surface area contributed by atoms with Crippen LogP contribution in [-0.2, 0) is 13.5 Å². The van der Waals surface area contributed by atoms with Crippen LogP contribution in [0.25, 0.3) is 0 Å². The number of aromatic nitrogens is 2. The van der Waals surface area contributed by atoms with Gasteiger partial charge in [0.1, 0.15) is 0 Å². The summed E-state index contributed by atoms with van der Waals surface area (Å²) in [5, 5.41) is 14.5. The van der Waals surface area contributed by atoms with Crippen LogP contribution in [0.2, 0.25) is 0 Å². The Bertz CT molecular complexity index is 590. The molecule has 1 aromatic carbocycles. The quantitative estimate of drug-likeness (QED) is 0.878. The molecule has 5 nitrogen and oxygen atoms in total. The topological polar surface area (TPSA) is 44.5 Å². The van der Waals surface area contributed by atoms with Gasteiger partial charge in [0.25, 0.3) is 0 Å². The molecule has 1 atom stereocenters. The molecule has 2 aromatic rings. The van der Waals surface area contributed by atoms with Crippen molar-refractivity contribution in [3.05, 3.63) is 48.3 Å². The van der Waals surface area contributed by atoms with Crippen LogP contribution in [0.15, 0.2) is 42.7 Å². The third kappa shape index (κ3) is 4.56. The number of hydrogen-bond donors (Lipinski definition) is 1. The lowest BCUT2D eigenvalue weighted by Crippen LogP contribution is -2.48. The third-order valence-electron chi connectivity index (χ3n) is 4.51.